The maximum Gasteiger partial charge on any atom is 0.307 e. The zero-order chi connectivity index (χ0) is 31.0. The van der Waals surface area contributed by atoms with Gasteiger partial charge in [-0.3, -0.25) is 14.5 Å². The Bertz CT molecular complexity index is 569. The summed E-state index contributed by atoms with van der Waals surface area (Å²) in [5, 5.41) is 8.99. The number of unbranched alkanes of at least 4 members (excludes halogenated alkanes) is 1. The molecule has 1 saturated heterocycles. The number of likely N-dealkylation sites (N-methyl/N-ethyl adjacent to an activating group) is 3. The van der Waals surface area contributed by atoms with Crippen LogP contribution in [0.3, 0.4) is 0 Å². The van der Waals surface area contributed by atoms with Crippen LogP contribution in [0.2, 0.25) is 0 Å². The number of thioether (sulfide) groups is 1. The van der Waals surface area contributed by atoms with Crippen LogP contribution < -0.4 is 16.0 Å². The Balaban J connectivity index is -0.000000527. The summed E-state index contributed by atoms with van der Waals surface area (Å²) in [5.74, 6) is 2.44. The first-order valence-corrected chi connectivity index (χ1v) is 16.3. The van der Waals surface area contributed by atoms with Crippen molar-refractivity contribution in [1.82, 2.24) is 30.7 Å². The van der Waals surface area contributed by atoms with Gasteiger partial charge in [0.05, 0.1) is 25.6 Å². The Morgan fingerprint density at radius 2 is 1.68 bits per heavy atom. The zero-order valence-corrected chi connectivity index (χ0v) is 28.2. The fourth-order valence-corrected chi connectivity index (χ4v) is 4.06. The number of aldehydes is 1. The van der Waals surface area contributed by atoms with Gasteiger partial charge >= 0.3 is 5.97 Å². The Morgan fingerprint density at radius 3 is 2.15 bits per heavy atom. The third kappa shape index (κ3) is 31.3. The van der Waals surface area contributed by atoms with E-state index in [2.05, 4.69) is 58.4 Å². The number of hydrogen-bond donors (Lipinski definition) is 3. The average Bonchev–Trinajstić information content (AvgIpc) is 2.97. The van der Waals surface area contributed by atoms with Gasteiger partial charge in [0.1, 0.15) is 6.29 Å². The summed E-state index contributed by atoms with van der Waals surface area (Å²) in [6.07, 6.45) is 4.02. The molecule has 0 aromatic carbocycles. The van der Waals surface area contributed by atoms with Gasteiger partial charge in [-0.2, -0.15) is 11.8 Å². The van der Waals surface area contributed by atoms with Crippen molar-refractivity contribution in [2.75, 3.05) is 105 Å². The fourth-order valence-electron chi connectivity index (χ4n) is 2.97. The van der Waals surface area contributed by atoms with Crippen molar-refractivity contribution in [2.45, 2.75) is 66.3 Å². The highest BCUT2D eigenvalue weighted by Gasteiger charge is 2.18. The second kappa shape index (κ2) is 34.0. The van der Waals surface area contributed by atoms with Crippen molar-refractivity contribution in [3.8, 4) is 0 Å². The Hall–Kier alpha value is -1.24. The Labute approximate surface area is 251 Å². The number of carbonyl (C=O) groups is 3. The largest absolute Gasteiger partial charge is 0.466 e. The van der Waals surface area contributed by atoms with E-state index in [0.717, 1.165) is 64.8 Å². The SMILES string of the molecule is CC.CCCCNCC(=O)NCCN(C)CC.CCCOC(=O)CC(C=O)N(C)CCNC.CN1CCSCC1. The first kappa shape index (κ1) is 43.2. The van der Waals surface area contributed by atoms with E-state index in [-0.39, 0.29) is 18.3 Å². The number of ether oxygens (including phenoxy) is 1. The van der Waals surface area contributed by atoms with Gasteiger partial charge in [-0.05, 0) is 54.1 Å². The fraction of sp³-hybridized carbons (Fsp3) is 0.897. The molecule has 1 aliphatic heterocycles. The normalized spacial score (nSPS) is 13.6. The molecular formula is C29H64N6O4S. The van der Waals surface area contributed by atoms with Crippen LogP contribution in [0.1, 0.15) is 60.3 Å². The van der Waals surface area contributed by atoms with Crippen molar-refractivity contribution < 1.29 is 19.1 Å². The first-order chi connectivity index (χ1) is 19.2. The van der Waals surface area contributed by atoms with E-state index in [1.165, 1.54) is 24.6 Å². The lowest BCUT2D eigenvalue weighted by atomic mass is 10.2. The van der Waals surface area contributed by atoms with Crippen molar-refractivity contribution >= 4 is 29.9 Å². The highest BCUT2D eigenvalue weighted by atomic mass is 32.2. The van der Waals surface area contributed by atoms with E-state index in [1.807, 2.05) is 46.8 Å². The van der Waals surface area contributed by atoms with Crippen LogP contribution in [0, 0.1) is 0 Å². The van der Waals surface area contributed by atoms with E-state index in [9.17, 15) is 14.4 Å². The van der Waals surface area contributed by atoms with Gasteiger partial charge in [0, 0.05) is 50.8 Å². The third-order valence-electron chi connectivity index (χ3n) is 5.86. The lowest BCUT2D eigenvalue weighted by molar-refractivity contribution is -0.145. The van der Waals surface area contributed by atoms with Gasteiger partial charge in [-0.25, -0.2) is 0 Å². The van der Waals surface area contributed by atoms with Gasteiger partial charge < -0.3 is 35.3 Å². The molecule has 0 saturated carbocycles. The Kier molecular flexibility index (Phi) is 36.7. The summed E-state index contributed by atoms with van der Waals surface area (Å²) in [6.45, 7) is 18.7. The summed E-state index contributed by atoms with van der Waals surface area (Å²) < 4.78 is 4.94. The van der Waals surface area contributed by atoms with Crippen LogP contribution >= 0.6 is 11.8 Å². The first-order valence-electron chi connectivity index (χ1n) is 15.1. The average molecular weight is 593 g/mol. The van der Waals surface area contributed by atoms with Crippen molar-refractivity contribution in [3.63, 3.8) is 0 Å². The van der Waals surface area contributed by atoms with E-state index in [0.29, 0.717) is 13.2 Å². The van der Waals surface area contributed by atoms with Crippen LogP contribution in [0.25, 0.3) is 0 Å². The monoisotopic (exact) mass is 592 g/mol. The third-order valence-corrected chi connectivity index (χ3v) is 6.81. The van der Waals surface area contributed by atoms with Crippen molar-refractivity contribution in [3.05, 3.63) is 0 Å². The van der Waals surface area contributed by atoms with E-state index >= 15 is 0 Å². The topological polar surface area (TPSA) is 106 Å². The van der Waals surface area contributed by atoms with E-state index < -0.39 is 6.04 Å². The molecule has 3 N–H and O–H groups in total. The second-order valence-electron chi connectivity index (χ2n) is 9.40. The summed E-state index contributed by atoms with van der Waals surface area (Å²) in [7, 11) is 7.90. The van der Waals surface area contributed by atoms with Gasteiger partial charge in [0.15, 0.2) is 0 Å². The summed E-state index contributed by atoms with van der Waals surface area (Å²) in [4.78, 5) is 39.8. The van der Waals surface area contributed by atoms with Crippen LogP contribution in [0.15, 0.2) is 0 Å². The van der Waals surface area contributed by atoms with Gasteiger partial charge in [-0.1, -0.05) is 41.0 Å². The maximum absolute atomic E-state index is 11.3. The molecule has 11 heteroatoms. The molecule has 0 bridgehead atoms. The van der Waals surface area contributed by atoms with Crippen LogP contribution in [-0.2, 0) is 19.1 Å². The van der Waals surface area contributed by atoms with Crippen LogP contribution in [-0.4, -0.2) is 144 Å². The number of nitrogens with zero attached hydrogens (tertiary/aromatic N) is 3. The molecule has 10 nitrogen and oxygen atoms in total. The molecule has 0 aromatic heterocycles. The van der Waals surface area contributed by atoms with Gasteiger partial charge in [-0.15, -0.1) is 0 Å². The molecule has 1 rings (SSSR count). The number of carbonyl (C=O) groups excluding carboxylic acids is 3. The highest BCUT2D eigenvalue weighted by Crippen LogP contribution is 2.05. The molecule has 1 heterocycles. The number of rotatable bonds is 18. The molecule has 0 aromatic rings. The number of amides is 1. The molecule has 1 amide bonds. The lowest BCUT2D eigenvalue weighted by Gasteiger charge is -2.22. The molecule has 1 aliphatic rings. The lowest BCUT2D eigenvalue weighted by Crippen LogP contribution is -2.39. The zero-order valence-electron chi connectivity index (χ0n) is 27.4. The number of esters is 1. The van der Waals surface area contributed by atoms with Crippen LogP contribution in [0.4, 0.5) is 0 Å². The molecule has 240 valence electrons. The van der Waals surface area contributed by atoms with Crippen LogP contribution in [0.5, 0.6) is 0 Å². The molecule has 0 radical (unpaired) electrons. The van der Waals surface area contributed by atoms with E-state index in [4.69, 9.17) is 4.74 Å². The standard InChI is InChI=1S/C11H25N3O.C11H22N2O3.C5H11NS.C2H6/c1-4-6-7-12-10-11(15)13-8-9-14(3)5-2;1-4-7-16-11(15)8-10(9-14)13(3)6-5-12-2;1-6-2-4-7-5-3-6;1-2/h12H,4-10H2,1-3H3,(H,13,15);9-10,12H,4-8H2,1-3H3;2-5H2,1H3;1-2H3. The van der Waals surface area contributed by atoms with Gasteiger partial charge in [0.25, 0.3) is 0 Å². The molecule has 0 aliphatic carbocycles. The molecule has 1 fully saturated rings. The van der Waals surface area contributed by atoms with Crippen molar-refractivity contribution in [2.24, 2.45) is 0 Å². The van der Waals surface area contributed by atoms with Crippen molar-refractivity contribution in [1.29, 1.82) is 0 Å². The predicted molar refractivity (Wildman–Crippen MR) is 172 cm³/mol. The minimum absolute atomic E-state index is 0.0932. The second-order valence-corrected chi connectivity index (χ2v) is 10.6. The molecular weight excluding hydrogens is 528 g/mol. The predicted octanol–water partition coefficient (Wildman–Crippen LogP) is 2.18. The smallest absolute Gasteiger partial charge is 0.307 e. The summed E-state index contributed by atoms with van der Waals surface area (Å²) in [6, 6.07) is -0.391. The molecule has 1 unspecified atom stereocenters. The minimum atomic E-state index is -0.391. The minimum Gasteiger partial charge on any atom is -0.466 e. The highest BCUT2D eigenvalue weighted by molar-refractivity contribution is 7.99. The molecule has 1 atom stereocenters. The summed E-state index contributed by atoms with van der Waals surface area (Å²) in [5.41, 5.74) is 0. The van der Waals surface area contributed by atoms with Gasteiger partial charge in [0.2, 0.25) is 5.91 Å². The maximum atomic E-state index is 11.3. The molecule has 0 spiro atoms. The molecule has 40 heavy (non-hydrogen) atoms. The number of hydrogen-bond acceptors (Lipinski definition) is 10. The van der Waals surface area contributed by atoms with E-state index in [1.54, 1.807) is 0 Å². The number of nitrogens with one attached hydrogen (secondary N) is 3. The Morgan fingerprint density at radius 1 is 1.02 bits per heavy atom. The quantitative estimate of drug-likeness (QED) is 0.125. The summed E-state index contributed by atoms with van der Waals surface area (Å²) >= 11 is 2.06.